The molecule has 0 saturated carbocycles. The number of hydrogen-bond donors (Lipinski definition) is 3. The number of halogens is 3. The van der Waals surface area contributed by atoms with Gasteiger partial charge in [-0.1, -0.05) is 0 Å². The molecule has 0 bridgehead atoms. The Morgan fingerprint density at radius 1 is 1.25 bits per heavy atom. The average Bonchev–Trinajstić information content (AvgIpc) is 3.19. The largest absolute Gasteiger partial charge is 0.419 e. The topological polar surface area (TPSA) is 98.8 Å². The second-order valence-corrected chi connectivity index (χ2v) is 9.93. The van der Waals surface area contributed by atoms with E-state index in [0.717, 1.165) is 19.0 Å². The molecule has 2 aliphatic heterocycles. The zero-order valence-corrected chi connectivity index (χ0v) is 20.1. The summed E-state index contributed by atoms with van der Waals surface area (Å²) < 4.78 is 42.0. The van der Waals surface area contributed by atoms with Crippen molar-refractivity contribution >= 4 is 17.5 Å². The fourth-order valence-electron chi connectivity index (χ4n) is 4.82. The summed E-state index contributed by atoms with van der Waals surface area (Å²) in [7, 11) is 0. The van der Waals surface area contributed by atoms with Crippen molar-refractivity contribution in [3.05, 3.63) is 53.7 Å². The van der Waals surface area contributed by atoms with Crippen LogP contribution in [0.15, 0.2) is 36.9 Å². The first-order valence-electron chi connectivity index (χ1n) is 12.0. The Kier molecular flexibility index (Phi) is 6.19. The fourth-order valence-corrected chi connectivity index (χ4v) is 4.82. The number of carbonyl (C=O) groups excluding carboxylic acids is 1. The van der Waals surface area contributed by atoms with E-state index < -0.39 is 11.7 Å². The van der Waals surface area contributed by atoms with Gasteiger partial charge in [0.25, 0.3) is 5.91 Å². The molecule has 1 fully saturated rings. The average molecular weight is 500 g/mol. The number of pyridine rings is 1. The first-order valence-corrected chi connectivity index (χ1v) is 12.0. The monoisotopic (exact) mass is 499 g/mol. The maximum absolute atomic E-state index is 14.0. The molecule has 3 aromatic heterocycles. The molecule has 36 heavy (non-hydrogen) atoms. The Bertz CT molecular complexity index is 1250. The molecule has 1 amide bonds. The number of alkyl halides is 3. The third-order valence-electron chi connectivity index (χ3n) is 6.84. The predicted molar refractivity (Wildman–Crippen MR) is 130 cm³/mol. The third-order valence-corrected chi connectivity index (χ3v) is 6.84. The molecule has 0 aromatic carbocycles. The van der Waals surface area contributed by atoms with Crippen LogP contribution < -0.4 is 15.5 Å². The first-order chi connectivity index (χ1) is 17.1. The molecule has 3 N–H and O–H groups in total. The molecule has 8 nitrogen and oxygen atoms in total. The number of carbonyl (C=O) groups is 1. The van der Waals surface area contributed by atoms with E-state index in [2.05, 4.69) is 44.4 Å². The number of nitrogens with zero attached hydrogens (tertiary/aromatic N) is 4. The zero-order valence-electron chi connectivity index (χ0n) is 20.1. The van der Waals surface area contributed by atoms with E-state index in [1.165, 1.54) is 6.20 Å². The number of aromatic nitrogens is 4. The SMILES string of the molecule is CC1(C)CC[C@H](Nc2ncc(C(F)(F)F)c(-c3c[nH]c4c3CCCN(c3cccnc3)C4=O)n2)CN1. The number of rotatable bonds is 4. The van der Waals surface area contributed by atoms with E-state index in [1.54, 1.807) is 29.4 Å². The van der Waals surface area contributed by atoms with E-state index >= 15 is 0 Å². The zero-order chi connectivity index (χ0) is 25.5. The number of nitrogens with one attached hydrogen (secondary N) is 3. The summed E-state index contributed by atoms with van der Waals surface area (Å²) in [4.78, 5) is 30.3. The van der Waals surface area contributed by atoms with Crippen molar-refractivity contribution in [1.82, 2.24) is 25.3 Å². The van der Waals surface area contributed by atoms with Gasteiger partial charge >= 0.3 is 6.18 Å². The van der Waals surface area contributed by atoms with Crippen LogP contribution in [0.5, 0.6) is 0 Å². The molecule has 5 rings (SSSR count). The highest BCUT2D eigenvalue weighted by molar-refractivity contribution is 6.07. The third kappa shape index (κ3) is 4.79. The van der Waals surface area contributed by atoms with Crippen molar-refractivity contribution in [3.63, 3.8) is 0 Å². The van der Waals surface area contributed by atoms with Gasteiger partial charge in [-0.25, -0.2) is 9.97 Å². The maximum atomic E-state index is 14.0. The number of amides is 1. The quantitative estimate of drug-likeness (QED) is 0.492. The van der Waals surface area contributed by atoms with Gasteiger partial charge in [0.1, 0.15) is 11.3 Å². The summed E-state index contributed by atoms with van der Waals surface area (Å²) in [5.41, 5.74) is 0.563. The standard InChI is InChI=1S/C25H28F3N7O/c1-24(2)8-7-15(11-32-24)33-23-31-14-19(25(26,27)28)20(34-23)18-13-30-21-17(18)6-4-10-35(22(21)36)16-5-3-9-29-12-16/h3,5,9,12-15,30,32H,4,6-8,10-11H2,1-2H3,(H,31,33,34)/t15-/m0/s1. The highest BCUT2D eigenvalue weighted by Gasteiger charge is 2.38. The Hall–Kier alpha value is -3.47. The van der Waals surface area contributed by atoms with Crippen LogP contribution in [0, 0.1) is 0 Å². The molecule has 0 spiro atoms. The Labute approximate surface area is 206 Å². The lowest BCUT2D eigenvalue weighted by atomic mass is 9.91. The van der Waals surface area contributed by atoms with E-state index in [-0.39, 0.29) is 40.4 Å². The van der Waals surface area contributed by atoms with E-state index in [0.29, 0.717) is 37.2 Å². The van der Waals surface area contributed by atoms with Crippen LogP contribution in [-0.4, -0.2) is 50.5 Å². The number of aromatic amines is 1. The van der Waals surface area contributed by atoms with E-state index in [4.69, 9.17) is 0 Å². The molecule has 0 unspecified atom stereocenters. The molecular formula is C25H28F3N7O. The van der Waals surface area contributed by atoms with Crippen LogP contribution in [0.1, 0.15) is 54.7 Å². The molecular weight excluding hydrogens is 471 g/mol. The lowest BCUT2D eigenvalue weighted by Crippen LogP contribution is -2.50. The smallest absolute Gasteiger partial charge is 0.356 e. The number of anilines is 2. The van der Waals surface area contributed by atoms with Gasteiger partial charge in [0, 0.05) is 48.8 Å². The van der Waals surface area contributed by atoms with Gasteiger partial charge in [-0.3, -0.25) is 9.78 Å². The van der Waals surface area contributed by atoms with E-state index in [1.807, 2.05) is 0 Å². The molecule has 0 aliphatic carbocycles. The van der Waals surface area contributed by atoms with Crippen molar-refractivity contribution in [2.45, 2.75) is 57.3 Å². The summed E-state index contributed by atoms with van der Waals surface area (Å²) in [6, 6.07) is 3.52. The highest BCUT2D eigenvalue weighted by atomic mass is 19.4. The lowest BCUT2D eigenvalue weighted by Gasteiger charge is -2.36. The van der Waals surface area contributed by atoms with E-state index in [9.17, 15) is 18.0 Å². The number of fused-ring (bicyclic) bond motifs is 1. The molecule has 11 heteroatoms. The number of H-pyrrole nitrogens is 1. The maximum Gasteiger partial charge on any atom is 0.419 e. The Balaban J connectivity index is 1.50. The van der Waals surface area contributed by atoms with Crippen LogP contribution in [-0.2, 0) is 12.6 Å². The summed E-state index contributed by atoms with van der Waals surface area (Å²) in [5.74, 6) is -0.171. The van der Waals surface area contributed by atoms with Gasteiger partial charge in [-0.2, -0.15) is 13.2 Å². The Morgan fingerprint density at radius 3 is 2.78 bits per heavy atom. The number of piperidine rings is 1. The summed E-state index contributed by atoms with van der Waals surface area (Å²) in [6.45, 7) is 5.32. The van der Waals surface area contributed by atoms with Crippen LogP contribution >= 0.6 is 0 Å². The van der Waals surface area contributed by atoms with Gasteiger partial charge in [0.05, 0.1) is 17.6 Å². The molecule has 190 valence electrons. The van der Waals surface area contributed by atoms with Gasteiger partial charge < -0.3 is 20.5 Å². The minimum absolute atomic E-state index is 0.000527. The second kappa shape index (κ2) is 9.20. The molecule has 3 aromatic rings. The first kappa shape index (κ1) is 24.2. The summed E-state index contributed by atoms with van der Waals surface area (Å²) in [6.07, 6.45) is 3.61. The predicted octanol–water partition coefficient (Wildman–Crippen LogP) is 4.42. The molecule has 0 radical (unpaired) electrons. The van der Waals surface area contributed by atoms with Crippen LogP contribution in [0.2, 0.25) is 0 Å². The fraction of sp³-hybridized carbons (Fsp3) is 0.440. The van der Waals surface area contributed by atoms with Crippen molar-refractivity contribution < 1.29 is 18.0 Å². The summed E-state index contributed by atoms with van der Waals surface area (Å²) >= 11 is 0. The van der Waals surface area contributed by atoms with Gasteiger partial charge in [-0.15, -0.1) is 0 Å². The van der Waals surface area contributed by atoms with Crippen LogP contribution in [0.25, 0.3) is 11.3 Å². The molecule has 1 atom stereocenters. The Morgan fingerprint density at radius 2 is 2.08 bits per heavy atom. The van der Waals surface area contributed by atoms with Crippen molar-refractivity contribution in [3.8, 4) is 11.3 Å². The molecule has 5 heterocycles. The van der Waals surface area contributed by atoms with Gasteiger partial charge in [0.2, 0.25) is 5.95 Å². The number of hydrogen-bond acceptors (Lipinski definition) is 6. The molecule has 1 saturated heterocycles. The van der Waals surface area contributed by atoms with Crippen molar-refractivity contribution in [2.75, 3.05) is 23.3 Å². The van der Waals surface area contributed by atoms with Gasteiger partial charge in [-0.05, 0) is 57.2 Å². The summed E-state index contributed by atoms with van der Waals surface area (Å²) in [5, 5.41) is 6.61. The van der Waals surface area contributed by atoms with Gasteiger partial charge in [0.15, 0.2) is 0 Å². The van der Waals surface area contributed by atoms with Crippen molar-refractivity contribution in [1.29, 1.82) is 0 Å². The van der Waals surface area contributed by atoms with Crippen LogP contribution in [0.3, 0.4) is 0 Å². The van der Waals surface area contributed by atoms with Crippen LogP contribution in [0.4, 0.5) is 24.8 Å². The van der Waals surface area contributed by atoms with Crippen molar-refractivity contribution in [2.24, 2.45) is 0 Å². The molecule has 2 aliphatic rings. The second-order valence-electron chi connectivity index (χ2n) is 9.93. The highest BCUT2D eigenvalue weighted by Crippen LogP contribution is 2.39. The lowest BCUT2D eigenvalue weighted by molar-refractivity contribution is -0.137. The minimum atomic E-state index is -4.65. The minimum Gasteiger partial charge on any atom is -0.356 e. The normalized spacial score (nSPS) is 20.1.